The molecule has 1 fully saturated rings. The van der Waals surface area contributed by atoms with Crippen molar-refractivity contribution in [1.82, 2.24) is 4.57 Å². The van der Waals surface area contributed by atoms with E-state index in [1.807, 2.05) is 12.1 Å². The Morgan fingerprint density at radius 2 is 1.92 bits per heavy atom. The number of hydrogen-bond donors (Lipinski definition) is 1. The standard InChI is InChI=1S/C20H22ClN3S2/c1-14-4-3-5-17(15(14)2)23-10-8-22(9-11-23)13-24-18-12-16(21)6-7-19(18)26-20(24)25/h3-7,12H,8-11,13H2,1-2H3/p+1. The molecule has 2 aromatic carbocycles. The summed E-state index contributed by atoms with van der Waals surface area (Å²) in [5.74, 6) is 0. The molecule has 0 radical (unpaired) electrons. The van der Waals surface area contributed by atoms with E-state index >= 15 is 0 Å². The summed E-state index contributed by atoms with van der Waals surface area (Å²) >= 11 is 13.5. The molecule has 0 amide bonds. The predicted molar refractivity (Wildman–Crippen MR) is 114 cm³/mol. The van der Waals surface area contributed by atoms with Gasteiger partial charge in [-0.1, -0.05) is 23.7 Å². The molecule has 136 valence electrons. The van der Waals surface area contributed by atoms with Gasteiger partial charge < -0.3 is 9.80 Å². The van der Waals surface area contributed by atoms with Crippen LogP contribution in [0.1, 0.15) is 11.1 Å². The summed E-state index contributed by atoms with van der Waals surface area (Å²) in [6, 6.07) is 12.6. The lowest BCUT2D eigenvalue weighted by Gasteiger charge is -2.34. The number of anilines is 1. The van der Waals surface area contributed by atoms with Gasteiger partial charge in [0, 0.05) is 10.7 Å². The van der Waals surface area contributed by atoms with Gasteiger partial charge in [-0.15, -0.1) is 11.3 Å². The summed E-state index contributed by atoms with van der Waals surface area (Å²) in [6.07, 6.45) is 0. The highest BCUT2D eigenvalue weighted by atomic mass is 35.5. The van der Waals surface area contributed by atoms with E-state index in [9.17, 15) is 0 Å². The van der Waals surface area contributed by atoms with E-state index in [2.05, 4.69) is 47.6 Å². The molecule has 26 heavy (non-hydrogen) atoms. The summed E-state index contributed by atoms with van der Waals surface area (Å²) in [7, 11) is 0. The molecule has 1 N–H and O–H groups in total. The van der Waals surface area contributed by atoms with Gasteiger partial charge in [0.15, 0.2) is 10.6 Å². The summed E-state index contributed by atoms with van der Waals surface area (Å²) < 4.78 is 4.41. The van der Waals surface area contributed by atoms with Gasteiger partial charge in [0.05, 0.1) is 36.4 Å². The van der Waals surface area contributed by atoms with Gasteiger partial charge in [-0.25, -0.2) is 0 Å². The third kappa shape index (κ3) is 3.41. The van der Waals surface area contributed by atoms with E-state index in [0.717, 1.165) is 47.3 Å². The molecule has 0 spiro atoms. The third-order valence-corrected chi connectivity index (χ3v) is 7.06. The molecular formula is C20H23ClN3S2+. The van der Waals surface area contributed by atoms with E-state index < -0.39 is 0 Å². The predicted octanol–water partition coefficient (Wildman–Crippen LogP) is 4.07. The molecule has 1 aliphatic heterocycles. The molecule has 3 aromatic rings. The summed E-state index contributed by atoms with van der Waals surface area (Å²) in [4.78, 5) is 4.09. The number of fused-ring (bicyclic) bond motifs is 1. The first-order valence-corrected chi connectivity index (χ1v) is 10.6. The van der Waals surface area contributed by atoms with Crippen molar-refractivity contribution in [2.45, 2.75) is 20.5 Å². The molecule has 2 heterocycles. The molecular weight excluding hydrogens is 382 g/mol. The molecule has 0 atom stereocenters. The SMILES string of the molecule is Cc1cccc(N2CC[NH+](Cn3c(=S)sc4ccc(Cl)cc43)CC2)c1C. The Balaban J connectivity index is 1.49. The maximum atomic E-state index is 6.20. The normalized spacial score (nSPS) is 15.7. The number of quaternary nitrogens is 1. The minimum Gasteiger partial charge on any atom is -0.360 e. The highest BCUT2D eigenvalue weighted by Crippen LogP contribution is 2.26. The smallest absolute Gasteiger partial charge is 0.166 e. The first-order valence-electron chi connectivity index (χ1n) is 8.96. The Morgan fingerprint density at radius 1 is 1.15 bits per heavy atom. The molecule has 0 saturated carbocycles. The van der Waals surface area contributed by atoms with Crippen LogP contribution in [0.15, 0.2) is 36.4 Å². The van der Waals surface area contributed by atoms with Gasteiger partial charge in [0.1, 0.15) is 0 Å². The number of benzene rings is 2. The van der Waals surface area contributed by atoms with Crippen molar-refractivity contribution in [3.8, 4) is 0 Å². The zero-order chi connectivity index (χ0) is 18.3. The second kappa shape index (κ2) is 7.31. The van der Waals surface area contributed by atoms with E-state index in [1.54, 1.807) is 16.2 Å². The zero-order valence-corrected chi connectivity index (χ0v) is 17.5. The molecule has 0 aliphatic carbocycles. The number of piperazine rings is 1. The fraction of sp³-hybridized carbons (Fsp3) is 0.350. The monoisotopic (exact) mass is 404 g/mol. The van der Waals surface area contributed by atoms with Crippen LogP contribution in [-0.2, 0) is 6.67 Å². The quantitative estimate of drug-likeness (QED) is 0.661. The molecule has 1 aromatic heterocycles. The van der Waals surface area contributed by atoms with Gasteiger partial charge in [-0.3, -0.25) is 4.57 Å². The Hall–Kier alpha value is -1.40. The van der Waals surface area contributed by atoms with Gasteiger partial charge in [-0.2, -0.15) is 0 Å². The highest BCUT2D eigenvalue weighted by Gasteiger charge is 2.22. The third-order valence-electron chi connectivity index (χ3n) is 5.40. The molecule has 0 unspecified atom stereocenters. The average molecular weight is 405 g/mol. The number of aryl methyl sites for hydroxylation is 1. The van der Waals surface area contributed by atoms with E-state index in [0.29, 0.717) is 0 Å². The average Bonchev–Trinajstić information content (AvgIpc) is 2.93. The molecule has 1 saturated heterocycles. The second-order valence-electron chi connectivity index (χ2n) is 7.02. The first kappa shape index (κ1) is 18.0. The lowest BCUT2D eigenvalue weighted by Crippen LogP contribution is -3.14. The Morgan fingerprint density at radius 3 is 2.69 bits per heavy atom. The van der Waals surface area contributed by atoms with Crippen molar-refractivity contribution in [2.75, 3.05) is 31.1 Å². The van der Waals surface area contributed by atoms with Crippen molar-refractivity contribution < 1.29 is 4.90 Å². The number of hydrogen-bond acceptors (Lipinski definition) is 3. The second-order valence-corrected chi connectivity index (χ2v) is 9.13. The number of nitrogens with one attached hydrogen (secondary N) is 1. The van der Waals surface area contributed by atoms with Gasteiger partial charge in [0.2, 0.25) is 0 Å². The van der Waals surface area contributed by atoms with Crippen LogP contribution in [0.3, 0.4) is 0 Å². The maximum Gasteiger partial charge on any atom is 0.166 e. The Kier molecular flexibility index (Phi) is 5.06. The maximum absolute atomic E-state index is 6.20. The number of rotatable bonds is 3. The van der Waals surface area contributed by atoms with E-state index in [4.69, 9.17) is 23.8 Å². The Labute approximate surface area is 168 Å². The van der Waals surface area contributed by atoms with Gasteiger partial charge in [-0.05, 0) is 61.5 Å². The Bertz CT molecular complexity index is 1000. The van der Waals surface area contributed by atoms with Crippen molar-refractivity contribution in [3.63, 3.8) is 0 Å². The first-order chi connectivity index (χ1) is 12.5. The minimum atomic E-state index is 0.772. The fourth-order valence-electron chi connectivity index (χ4n) is 3.71. The molecule has 0 bridgehead atoms. The van der Waals surface area contributed by atoms with Gasteiger partial charge >= 0.3 is 0 Å². The van der Waals surface area contributed by atoms with Crippen LogP contribution in [0.2, 0.25) is 5.02 Å². The lowest BCUT2D eigenvalue weighted by molar-refractivity contribution is -0.923. The topological polar surface area (TPSA) is 12.6 Å². The van der Waals surface area contributed by atoms with Crippen LogP contribution in [0.5, 0.6) is 0 Å². The summed E-state index contributed by atoms with van der Waals surface area (Å²) in [5.41, 5.74) is 5.31. The number of halogens is 1. The highest BCUT2D eigenvalue weighted by molar-refractivity contribution is 7.73. The number of thiazole rings is 1. The van der Waals surface area contributed by atoms with Crippen LogP contribution in [0, 0.1) is 17.8 Å². The van der Waals surface area contributed by atoms with Crippen molar-refractivity contribution in [1.29, 1.82) is 0 Å². The van der Waals surface area contributed by atoms with Crippen molar-refractivity contribution in [2.24, 2.45) is 0 Å². The van der Waals surface area contributed by atoms with Crippen LogP contribution in [0.4, 0.5) is 5.69 Å². The van der Waals surface area contributed by atoms with Gasteiger partial charge in [0.25, 0.3) is 0 Å². The van der Waals surface area contributed by atoms with Crippen LogP contribution < -0.4 is 9.80 Å². The van der Waals surface area contributed by atoms with Crippen LogP contribution in [0.25, 0.3) is 10.2 Å². The van der Waals surface area contributed by atoms with E-state index in [1.165, 1.54) is 21.5 Å². The van der Waals surface area contributed by atoms with Crippen LogP contribution >= 0.6 is 35.2 Å². The zero-order valence-electron chi connectivity index (χ0n) is 15.1. The molecule has 3 nitrogen and oxygen atoms in total. The van der Waals surface area contributed by atoms with Crippen LogP contribution in [-0.4, -0.2) is 30.7 Å². The van der Waals surface area contributed by atoms with Crippen molar-refractivity contribution in [3.05, 3.63) is 56.5 Å². The largest absolute Gasteiger partial charge is 0.360 e. The summed E-state index contributed by atoms with van der Waals surface area (Å²) in [6.45, 7) is 9.73. The number of aromatic nitrogens is 1. The minimum absolute atomic E-state index is 0.772. The lowest BCUT2D eigenvalue weighted by atomic mass is 10.1. The number of nitrogens with zero attached hydrogens (tertiary/aromatic N) is 2. The summed E-state index contributed by atoms with van der Waals surface area (Å²) in [5, 5.41) is 0.772. The van der Waals surface area contributed by atoms with E-state index in [-0.39, 0.29) is 0 Å². The van der Waals surface area contributed by atoms with Crippen molar-refractivity contribution >= 4 is 51.1 Å². The fourth-order valence-corrected chi connectivity index (χ4v) is 5.18. The molecule has 1 aliphatic rings. The molecule has 4 rings (SSSR count). The molecule has 6 heteroatoms.